The molecule has 0 amide bonds. The average Bonchev–Trinajstić information content (AvgIpc) is 2.83. The summed E-state index contributed by atoms with van der Waals surface area (Å²) in [5, 5.41) is 7.15. The molecule has 0 radical (unpaired) electrons. The van der Waals surface area contributed by atoms with Gasteiger partial charge in [-0.15, -0.1) is 0 Å². The first-order chi connectivity index (χ1) is 9.19. The molecular weight excluding hydrogens is 240 g/mol. The van der Waals surface area contributed by atoms with Crippen LogP contribution in [-0.2, 0) is 6.54 Å². The second kappa shape index (κ2) is 6.18. The SMILES string of the molecule is CCCC(=O)c1ccc(NCc2cc(C)on2)cc1. The van der Waals surface area contributed by atoms with Crippen LogP contribution >= 0.6 is 0 Å². The van der Waals surface area contributed by atoms with E-state index >= 15 is 0 Å². The molecule has 0 spiro atoms. The summed E-state index contributed by atoms with van der Waals surface area (Å²) >= 11 is 0. The highest BCUT2D eigenvalue weighted by Gasteiger charge is 2.04. The van der Waals surface area contributed by atoms with Gasteiger partial charge in [-0.1, -0.05) is 12.1 Å². The molecular formula is C15H18N2O2. The number of hydrogen-bond acceptors (Lipinski definition) is 4. The Morgan fingerprint density at radius 2 is 2.05 bits per heavy atom. The predicted molar refractivity (Wildman–Crippen MR) is 74.2 cm³/mol. The van der Waals surface area contributed by atoms with Gasteiger partial charge in [-0.25, -0.2) is 0 Å². The minimum absolute atomic E-state index is 0.196. The van der Waals surface area contributed by atoms with E-state index in [-0.39, 0.29) is 5.78 Å². The zero-order valence-corrected chi connectivity index (χ0v) is 11.3. The van der Waals surface area contributed by atoms with Crippen LogP contribution in [0, 0.1) is 6.92 Å². The van der Waals surface area contributed by atoms with Gasteiger partial charge in [0.25, 0.3) is 0 Å². The van der Waals surface area contributed by atoms with E-state index in [4.69, 9.17) is 4.52 Å². The summed E-state index contributed by atoms with van der Waals surface area (Å²) in [5.74, 6) is 0.999. The lowest BCUT2D eigenvalue weighted by atomic mass is 10.1. The monoisotopic (exact) mass is 258 g/mol. The van der Waals surface area contributed by atoms with Crippen molar-refractivity contribution in [1.29, 1.82) is 0 Å². The number of ketones is 1. The molecule has 0 unspecified atom stereocenters. The Bertz CT molecular complexity index is 544. The highest BCUT2D eigenvalue weighted by molar-refractivity contribution is 5.96. The average molecular weight is 258 g/mol. The Morgan fingerprint density at radius 1 is 1.32 bits per heavy atom. The maximum atomic E-state index is 11.7. The number of aryl methyl sites for hydroxylation is 1. The zero-order valence-electron chi connectivity index (χ0n) is 11.3. The molecule has 100 valence electrons. The third-order valence-electron chi connectivity index (χ3n) is 2.83. The summed E-state index contributed by atoms with van der Waals surface area (Å²) in [6.45, 7) is 4.48. The van der Waals surface area contributed by atoms with E-state index < -0.39 is 0 Å². The lowest BCUT2D eigenvalue weighted by Crippen LogP contribution is -2.01. The van der Waals surface area contributed by atoms with Crippen LogP contribution in [0.1, 0.15) is 41.6 Å². The molecule has 1 aromatic heterocycles. The number of hydrogen-bond donors (Lipinski definition) is 1. The maximum absolute atomic E-state index is 11.7. The molecule has 0 bridgehead atoms. The van der Waals surface area contributed by atoms with Crippen molar-refractivity contribution in [3.05, 3.63) is 47.3 Å². The molecule has 0 aliphatic rings. The number of nitrogens with one attached hydrogen (secondary N) is 1. The van der Waals surface area contributed by atoms with Crippen LogP contribution in [0.2, 0.25) is 0 Å². The lowest BCUT2D eigenvalue weighted by molar-refractivity contribution is 0.0982. The molecule has 2 rings (SSSR count). The number of rotatable bonds is 6. The Balaban J connectivity index is 1.93. The largest absolute Gasteiger partial charge is 0.379 e. The summed E-state index contributed by atoms with van der Waals surface area (Å²) in [6, 6.07) is 9.43. The molecule has 19 heavy (non-hydrogen) atoms. The van der Waals surface area contributed by atoms with Crippen LogP contribution in [-0.4, -0.2) is 10.9 Å². The summed E-state index contributed by atoms with van der Waals surface area (Å²) < 4.78 is 5.00. The summed E-state index contributed by atoms with van der Waals surface area (Å²) in [5.41, 5.74) is 2.60. The fraction of sp³-hybridized carbons (Fsp3) is 0.333. The van der Waals surface area contributed by atoms with Crippen LogP contribution in [0.4, 0.5) is 5.69 Å². The van der Waals surface area contributed by atoms with Crippen molar-refractivity contribution in [2.45, 2.75) is 33.2 Å². The van der Waals surface area contributed by atoms with Crippen molar-refractivity contribution in [2.24, 2.45) is 0 Å². The predicted octanol–water partition coefficient (Wildman–Crippen LogP) is 3.58. The second-order valence-electron chi connectivity index (χ2n) is 4.53. The molecule has 0 fully saturated rings. The standard InChI is InChI=1S/C15H18N2O2/c1-3-4-15(18)12-5-7-13(8-6-12)16-10-14-9-11(2)19-17-14/h5-9,16H,3-4,10H2,1-2H3. The third kappa shape index (κ3) is 3.68. The van der Waals surface area contributed by atoms with E-state index in [0.717, 1.165) is 29.1 Å². The van der Waals surface area contributed by atoms with Gasteiger partial charge in [0.2, 0.25) is 0 Å². The van der Waals surface area contributed by atoms with Crippen LogP contribution in [0.3, 0.4) is 0 Å². The first-order valence-corrected chi connectivity index (χ1v) is 6.48. The van der Waals surface area contributed by atoms with E-state index in [1.165, 1.54) is 0 Å². The molecule has 4 nitrogen and oxygen atoms in total. The molecule has 1 N–H and O–H groups in total. The first-order valence-electron chi connectivity index (χ1n) is 6.48. The van der Waals surface area contributed by atoms with Crippen molar-refractivity contribution in [1.82, 2.24) is 5.16 Å². The Labute approximate surface area is 112 Å². The molecule has 0 saturated carbocycles. The number of benzene rings is 1. The Kier molecular flexibility index (Phi) is 4.34. The third-order valence-corrected chi connectivity index (χ3v) is 2.83. The van der Waals surface area contributed by atoms with E-state index in [9.17, 15) is 4.79 Å². The second-order valence-corrected chi connectivity index (χ2v) is 4.53. The first kappa shape index (κ1) is 13.3. The van der Waals surface area contributed by atoms with Gasteiger partial charge in [-0.05, 0) is 37.6 Å². The summed E-state index contributed by atoms with van der Waals surface area (Å²) in [6.07, 6.45) is 1.48. The highest BCUT2D eigenvalue weighted by atomic mass is 16.5. The normalized spacial score (nSPS) is 10.4. The molecule has 0 atom stereocenters. The minimum atomic E-state index is 0.196. The Morgan fingerprint density at radius 3 is 2.63 bits per heavy atom. The van der Waals surface area contributed by atoms with Gasteiger partial charge in [0.15, 0.2) is 5.78 Å². The van der Waals surface area contributed by atoms with Gasteiger partial charge in [0, 0.05) is 23.7 Å². The number of carbonyl (C=O) groups excluding carboxylic acids is 1. The summed E-state index contributed by atoms with van der Waals surface area (Å²) in [4.78, 5) is 11.7. The van der Waals surface area contributed by atoms with Crippen molar-refractivity contribution >= 4 is 11.5 Å². The van der Waals surface area contributed by atoms with Gasteiger partial charge in [-0.2, -0.15) is 0 Å². The molecule has 0 aliphatic carbocycles. The fourth-order valence-corrected chi connectivity index (χ4v) is 1.84. The molecule has 1 aromatic carbocycles. The highest BCUT2D eigenvalue weighted by Crippen LogP contribution is 2.13. The topological polar surface area (TPSA) is 55.1 Å². The molecule has 4 heteroatoms. The van der Waals surface area contributed by atoms with E-state index in [1.807, 2.05) is 44.2 Å². The van der Waals surface area contributed by atoms with Crippen molar-refractivity contribution in [2.75, 3.05) is 5.32 Å². The maximum Gasteiger partial charge on any atom is 0.162 e. The smallest absolute Gasteiger partial charge is 0.162 e. The van der Waals surface area contributed by atoms with Crippen LogP contribution < -0.4 is 5.32 Å². The van der Waals surface area contributed by atoms with E-state index in [2.05, 4.69) is 10.5 Å². The summed E-state index contributed by atoms with van der Waals surface area (Å²) in [7, 11) is 0. The van der Waals surface area contributed by atoms with Gasteiger partial charge >= 0.3 is 0 Å². The number of aromatic nitrogens is 1. The lowest BCUT2D eigenvalue weighted by Gasteiger charge is -2.05. The van der Waals surface area contributed by atoms with Gasteiger partial charge in [0.1, 0.15) is 11.5 Å². The minimum Gasteiger partial charge on any atom is -0.379 e. The van der Waals surface area contributed by atoms with E-state index in [0.29, 0.717) is 13.0 Å². The molecule has 1 heterocycles. The van der Waals surface area contributed by atoms with Gasteiger partial charge < -0.3 is 9.84 Å². The Hall–Kier alpha value is -2.10. The quantitative estimate of drug-likeness (QED) is 0.805. The van der Waals surface area contributed by atoms with Crippen LogP contribution in [0.15, 0.2) is 34.9 Å². The number of anilines is 1. The number of Topliss-reactive ketones (excluding diaryl/α,β-unsaturated/α-hetero) is 1. The van der Waals surface area contributed by atoms with Crippen molar-refractivity contribution < 1.29 is 9.32 Å². The number of nitrogens with zero attached hydrogens (tertiary/aromatic N) is 1. The van der Waals surface area contributed by atoms with Crippen LogP contribution in [0.5, 0.6) is 0 Å². The number of carbonyl (C=O) groups is 1. The fourth-order valence-electron chi connectivity index (χ4n) is 1.84. The van der Waals surface area contributed by atoms with Gasteiger partial charge in [0.05, 0.1) is 6.54 Å². The van der Waals surface area contributed by atoms with Crippen LogP contribution in [0.25, 0.3) is 0 Å². The van der Waals surface area contributed by atoms with Crippen molar-refractivity contribution in [3.8, 4) is 0 Å². The zero-order chi connectivity index (χ0) is 13.7. The van der Waals surface area contributed by atoms with Crippen molar-refractivity contribution in [3.63, 3.8) is 0 Å². The van der Waals surface area contributed by atoms with Gasteiger partial charge in [-0.3, -0.25) is 4.79 Å². The molecule has 0 saturated heterocycles. The molecule has 0 aliphatic heterocycles. The van der Waals surface area contributed by atoms with E-state index in [1.54, 1.807) is 0 Å². The molecule has 2 aromatic rings.